The van der Waals surface area contributed by atoms with Gasteiger partial charge in [-0.2, -0.15) is 5.26 Å². The van der Waals surface area contributed by atoms with E-state index >= 15 is 0 Å². The van der Waals surface area contributed by atoms with E-state index in [9.17, 15) is 10.1 Å². The highest BCUT2D eigenvalue weighted by Gasteiger charge is 2.20. The molecule has 0 radical (unpaired) electrons. The Kier molecular flexibility index (Phi) is 5.09. The Morgan fingerprint density at radius 1 is 0.946 bits per heavy atom. The lowest BCUT2D eigenvalue weighted by molar-refractivity contribution is 0.0951. The predicted molar refractivity (Wildman–Crippen MR) is 147 cm³/mol. The quantitative estimate of drug-likeness (QED) is 0.276. The highest BCUT2D eigenvalue weighted by atomic mass is 16.3. The second-order valence-electron chi connectivity index (χ2n) is 9.50. The fraction of sp³-hybridized carbons (Fsp3) is 0.129. The Bertz CT molecular complexity index is 1890. The van der Waals surface area contributed by atoms with Crippen LogP contribution in [0.3, 0.4) is 0 Å². The van der Waals surface area contributed by atoms with Gasteiger partial charge in [0.05, 0.1) is 11.6 Å². The molecule has 0 spiro atoms. The first kappa shape index (κ1) is 22.6. The average Bonchev–Trinajstić information content (AvgIpc) is 3.44. The van der Waals surface area contributed by atoms with Crippen molar-refractivity contribution in [2.45, 2.75) is 27.3 Å². The molecule has 1 amide bonds. The van der Waals surface area contributed by atoms with Crippen molar-refractivity contribution >= 4 is 44.4 Å². The van der Waals surface area contributed by atoms with E-state index in [1.807, 2.05) is 69.3 Å². The van der Waals surface area contributed by atoms with Gasteiger partial charge in [-0.1, -0.05) is 18.2 Å². The van der Waals surface area contributed by atoms with Crippen LogP contribution in [0.25, 0.3) is 43.8 Å². The monoisotopic (exact) mass is 484 g/mol. The summed E-state index contributed by atoms with van der Waals surface area (Å²) in [5.74, 6) is 0.308. The first-order chi connectivity index (χ1) is 17.9. The normalized spacial score (nSPS) is 11.4. The standard InChI is InChI=1S/C31H24N4O2/c1-16-5-4-6-21(14-32)28(16)19-7-9-22-24(12-19)30-25-13-20(8-10-23(25)29(22)37-30)31(36)34-15-26-17(2)11-27(33)35-18(26)3/h4-13H,15H2,1-3H3,(H2,33,35)(H,34,36). The van der Waals surface area contributed by atoms with Gasteiger partial charge in [0.1, 0.15) is 17.0 Å². The zero-order valence-electron chi connectivity index (χ0n) is 20.8. The van der Waals surface area contributed by atoms with Crippen LogP contribution in [0.4, 0.5) is 5.82 Å². The number of furan rings is 2. The summed E-state index contributed by atoms with van der Waals surface area (Å²) in [6.45, 7) is 6.24. The minimum Gasteiger partial charge on any atom is -0.455 e. The highest BCUT2D eigenvalue weighted by molar-refractivity contribution is 6.26. The lowest BCUT2D eigenvalue weighted by atomic mass is 9.93. The van der Waals surface area contributed by atoms with E-state index in [1.54, 1.807) is 0 Å². The fourth-order valence-corrected chi connectivity index (χ4v) is 5.34. The number of aryl methyl sites for hydroxylation is 3. The zero-order valence-corrected chi connectivity index (χ0v) is 20.8. The van der Waals surface area contributed by atoms with Gasteiger partial charge < -0.3 is 15.5 Å². The number of nitriles is 1. The van der Waals surface area contributed by atoms with Crippen LogP contribution in [0, 0.1) is 32.1 Å². The number of nitrogens with two attached hydrogens (primary N) is 1. The molecule has 3 aromatic heterocycles. The van der Waals surface area contributed by atoms with Crippen LogP contribution in [-0.2, 0) is 6.54 Å². The third-order valence-corrected chi connectivity index (χ3v) is 7.17. The van der Waals surface area contributed by atoms with Crippen molar-refractivity contribution in [3.63, 3.8) is 0 Å². The number of carbonyl (C=O) groups is 1. The molecule has 3 heterocycles. The van der Waals surface area contributed by atoms with Crippen molar-refractivity contribution < 1.29 is 9.21 Å². The number of carbonyl (C=O) groups excluding carboxylic acids is 1. The van der Waals surface area contributed by atoms with E-state index in [-0.39, 0.29) is 5.91 Å². The van der Waals surface area contributed by atoms with Gasteiger partial charge in [-0.15, -0.1) is 0 Å². The average molecular weight is 485 g/mol. The first-order valence-electron chi connectivity index (χ1n) is 12.1. The molecule has 2 bridgehead atoms. The Labute approximate surface area is 213 Å². The maximum atomic E-state index is 13.1. The Balaban J connectivity index is 1.38. The van der Waals surface area contributed by atoms with E-state index in [0.717, 1.165) is 66.2 Å². The van der Waals surface area contributed by atoms with Gasteiger partial charge in [0.25, 0.3) is 5.91 Å². The van der Waals surface area contributed by atoms with Gasteiger partial charge in [0.15, 0.2) is 0 Å². The number of benzene rings is 4. The number of nitrogens with zero attached hydrogens (tertiary/aromatic N) is 2. The number of hydrogen-bond donors (Lipinski definition) is 2. The van der Waals surface area contributed by atoms with Gasteiger partial charge in [-0.05, 0) is 85.5 Å². The van der Waals surface area contributed by atoms with Gasteiger partial charge >= 0.3 is 0 Å². The molecule has 6 rings (SSSR count). The molecule has 3 N–H and O–H groups in total. The zero-order chi connectivity index (χ0) is 25.8. The molecule has 6 heteroatoms. The summed E-state index contributed by atoms with van der Waals surface area (Å²) in [5.41, 5.74) is 14.3. The van der Waals surface area contributed by atoms with E-state index in [4.69, 9.17) is 10.2 Å². The molecular formula is C31H24N4O2. The summed E-state index contributed by atoms with van der Waals surface area (Å²) in [6, 6.07) is 21.7. The Morgan fingerprint density at radius 2 is 1.68 bits per heavy atom. The van der Waals surface area contributed by atoms with Crippen LogP contribution in [0.1, 0.15) is 38.3 Å². The number of pyridine rings is 1. The van der Waals surface area contributed by atoms with E-state index in [0.29, 0.717) is 23.5 Å². The molecule has 0 aliphatic heterocycles. The number of amides is 1. The molecule has 6 aromatic rings. The van der Waals surface area contributed by atoms with Crippen molar-refractivity contribution in [1.29, 1.82) is 5.26 Å². The van der Waals surface area contributed by atoms with Gasteiger partial charge in [0.2, 0.25) is 0 Å². The molecule has 0 fully saturated rings. The largest absolute Gasteiger partial charge is 0.455 e. The maximum Gasteiger partial charge on any atom is 0.251 e. The molecule has 0 saturated carbocycles. The number of anilines is 1. The number of aromatic nitrogens is 1. The summed E-state index contributed by atoms with van der Waals surface area (Å²) in [7, 11) is 0. The number of nitrogens with one attached hydrogen (secondary N) is 1. The molecule has 0 unspecified atom stereocenters. The predicted octanol–water partition coefficient (Wildman–Crippen LogP) is 6.55. The molecule has 6 nitrogen and oxygen atoms in total. The second-order valence-corrected chi connectivity index (χ2v) is 9.50. The van der Waals surface area contributed by atoms with Crippen LogP contribution >= 0.6 is 0 Å². The van der Waals surface area contributed by atoms with E-state index in [2.05, 4.69) is 28.5 Å². The highest BCUT2D eigenvalue weighted by Crippen LogP contribution is 2.43. The topological polar surface area (TPSA) is 105 Å². The number of fused-ring (bicyclic) bond motifs is 8. The van der Waals surface area contributed by atoms with Crippen LogP contribution in [0.2, 0.25) is 0 Å². The Hall–Kier alpha value is -4.89. The minimum absolute atomic E-state index is 0.167. The smallest absolute Gasteiger partial charge is 0.251 e. The third kappa shape index (κ3) is 3.56. The van der Waals surface area contributed by atoms with Crippen LogP contribution in [0.5, 0.6) is 0 Å². The van der Waals surface area contributed by atoms with Crippen LogP contribution in [0.15, 0.2) is 65.1 Å². The molecule has 180 valence electrons. The van der Waals surface area contributed by atoms with Crippen molar-refractivity contribution in [3.05, 3.63) is 94.2 Å². The number of rotatable bonds is 4. The number of nitrogen functional groups attached to an aromatic ring is 1. The SMILES string of the molecule is Cc1cc(N)nc(C)c1CNC(=O)c1ccc2c(c1)c1oc2c2ccc(-c3c(C)cccc3C#N)cc21. The van der Waals surface area contributed by atoms with Gasteiger partial charge in [0, 0.05) is 44.9 Å². The third-order valence-electron chi connectivity index (χ3n) is 7.17. The van der Waals surface area contributed by atoms with Gasteiger partial charge in [-0.3, -0.25) is 4.79 Å². The van der Waals surface area contributed by atoms with Crippen molar-refractivity contribution in [1.82, 2.24) is 10.3 Å². The lowest BCUT2D eigenvalue weighted by Crippen LogP contribution is -2.24. The summed E-state index contributed by atoms with van der Waals surface area (Å²) < 4.78 is 6.21. The summed E-state index contributed by atoms with van der Waals surface area (Å²) in [5, 5.41) is 16.5. The molecular weight excluding hydrogens is 460 g/mol. The van der Waals surface area contributed by atoms with Crippen LogP contribution in [-0.4, -0.2) is 10.9 Å². The van der Waals surface area contributed by atoms with Crippen molar-refractivity contribution in [2.24, 2.45) is 0 Å². The molecule has 3 aromatic carbocycles. The lowest BCUT2D eigenvalue weighted by Gasteiger charge is -2.12. The second kappa shape index (κ2) is 8.35. The minimum atomic E-state index is -0.167. The summed E-state index contributed by atoms with van der Waals surface area (Å²) in [6.07, 6.45) is 0. The molecule has 0 aliphatic carbocycles. The van der Waals surface area contributed by atoms with Crippen LogP contribution < -0.4 is 11.1 Å². The molecule has 0 aliphatic rings. The van der Waals surface area contributed by atoms with Crippen molar-refractivity contribution in [2.75, 3.05) is 5.73 Å². The summed E-state index contributed by atoms with van der Waals surface area (Å²) >= 11 is 0. The van der Waals surface area contributed by atoms with E-state index < -0.39 is 0 Å². The van der Waals surface area contributed by atoms with Gasteiger partial charge in [-0.25, -0.2) is 4.98 Å². The first-order valence-corrected chi connectivity index (χ1v) is 12.1. The summed E-state index contributed by atoms with van der Waals surface area (Å²) in [4.78, 5) is 17.4. The van der Waals surface area contributed by atoms with E-state index in [1.165, 1.54) is 0 Å². The number of hydrogen-bond acceptors (Lipinski definition) is 5. The maximum absolute atomic E-state index is 13.1. The fourth-order valence-electron chi connectivity index (χ4n) is 5.34. The molecule has 0 saturated heterocycles. The molecule has 0 atom stereocenters. The van der Waals surface area contributed by atoms with Crippen molar-refractivity contribution in [3.8, 4) is 17.2 Å². The Morgan fingerprint density at radius 3 is 2.43 bits per heavy atom. The molecule has 37 heavy (non-hydrogen) atoms.